The number of carbonyl (C=O) groups excluding carboxylic acids is 1. The Hall–Kier alpha value is -3.07. The van der Waals surface area contributed by atoms with Crippen LogP contribution >= 0.6 is 22.9 Å². The van der Waals surface area contributed by atoms with Gasteiger partial charge >= 0.3 is 0 Å². The first kappa shape index (κ1) is 23.1. The quantitative estimate of drug-likeness (QED) is 0.476. The number of nitrogens with one attached hydrogen (secondary N) is 1. The number of aromatic nitrogens is 1. The number of halogens is 1. The van der Waals surface area contributed by atoms with Gasteiger partial charge in [0.25, 0.3) is 0 Å². The highest BCUT2D eigenvalue weighted by Gasteiger charge is 2.19. The fraction of sp³-hybridized carbons (Fsp3) is 0.250. The predicted octanol–water partition coefficient (Wildman–Crippen LogP) is 4.97. The number of hydrogen-bond acceptors (Lipinski definition) is 7. The molecule has 0 aliphatic carbocycles. The van der Waals surface area contributed by atoms with E-state index in [1.165, 1.54) is 6.08 Å². The van der Waals surface area contributed by atoms with E-state index in [9.17, 15) is 4.79 Å². The Bertz CT molecular complexity index is 1140. The lowest BCUT2D eigenvalue weighted by molar-refractivity contribution is -0.111. The normalized spacial score (nSPS) is 13.8. The second kappa shape index (κ2) is 10.7. The maximum absolute atomic E-state index is 12.6. The Morgan fingerprint density at radius 3 is 2.55 bits per heavy atom. The number of benzene rings is 2. The summed E-state index contributed by atoms with van der Waals surface area (Å²) in [6, 6.07) is 12.8. The van der Waals surface area contributed by atoms with Gasteiger partial charge in [-0.1, -0.05) is 35.1 Å². The van der Waals surface area contributed by atoms with E-state index in [0.717, 1.165) is 34.4 Å². The zero-order valence-electron chi connectivity index (χ0n) is 18.3. The Balaban J connectivity index is 1.57. The van der Waals surface area contributed by atoms with Gasteiger partial charge in [-0.25, -0.2) is 4.98 Å². The van der Waals surface area contributed by atoms with Crippen LogP contribution in [0.3, 0.4) is 0 Å². The lowest BCUT2D eigenvalue weighted by Gasteiger charge is -2.26. The molecule has 2 heterocycles. The van der Waals surface area contributed by atoms with E-state index in [2.05, 4.69) is 10.2 Å². The summed E-state index contributed by atoms with van der Waals surface area (Å²) in [6.45, 7) is 2.93. The molecule has 33 heavy (non-hydrogen) atoms. The lowest BCUT2D eigenvalue weighted by Crippen LogP contribution is -2.36. The Morgan fingerprint density at radius 1 is 1.12 bits per heavy atom. The molecule has 1 aromatic heterocycles. The van der Waals surface area contributed by atoms with Crippen molar-refractivity contribution in [2.75, 3.05) is 50.7 Å². The maximum Gasteiger partial charge on any atom is 0.248 e. The number of methoxy groups -OCH3 is 2. The number of nitrogens with zero attached hydrogens (tertiary/aromatic N) is 2. The smallest absolute Gasteiger partial charge is 0.248 e. The highest BCUT2D eigenvalue weighted by molar-refractivity contribution is 7.17. The molecule has 1 saturated heterocycles. The number of ether oxygens (including phenoxy) is 3. The van der Waals surface area contributed by atoms with E-state index in [0.29, 0.717) is 35.4 Å². The fourth-order valence-electron chi connectivity index (χ4n) is 3.39. The summed E-state index contributed by atoms with van der Waals surface area (Å²) in [4.78, 5) is 20.6. The molecule has 0 saturated carbocycles. The number of morpholine rings is 1. The minimum absolute atomic E-state index is 0.259. The first-order chi connectivity index (χ1) is 16.1. The summed E-state index contributed by atoms with van der Waals surface area (Å²) in [5.41, 5.74) is 2.36. The molecule has 0 unspecified atom stereocenters. The molecule has 1 amide bonds. The minimum atomic E-state index is -0.259. The average Bonchev–Trinajstić information content (AvgIpc) is 3.28. The summed E-state index contributed by atoms with van der Waals surface area (Å²) in [6.07, 6.45) is 3.30. The second-order valence-electron chi connectivity index (χ2n) is 7.21. The first-order valence-corrected chi connectivity index (χ1v) is 11.6. The Labute approximate surface area is 201 Å². The molecule has 0 bridgehead atoms. The van der Waals surface area contributed by atoms with Gasteiger partial charge in [-0.05, 0) is 30.3 Å². The van der Waals surface area contributed by atoms with E-state index >= 15 is 0 Å². The third-order valence-electron chi connectivity index (χ3n) is 5.08. The van der Waals surface area contributed by atoms with Crippen LogP contribution in [-0.2, 0) is 9.53 Å². The van der Waals surface area contributed by atoms with Crippen molar-refractivity contribution in [2.24, 2.45) is 0 Å². The number of anilines is 2. The molecule has 1 fully saturated rings. The molecule has 1 aliphatic rings. The van der Waals surface area contributed by atoms with Crippen LogP contribution in [0.1, 0.15) is 4.88 Å². The molecule has 9 heteroatoms. The van der Waals surface area contributed by atoms with Gasteiger partial charge in [-0.3, -0.25) is 4.79 Å². The molecular weight excluding hydrogens is 462 g/mol. The van der Waals surface area contributed by atoms with Crippen molar-refractivity contribution >= 4 is 45.7 Å². The summed E-state index contributed by atoms with van der Waals surface area (Å²) < 4.78 is 16.0. The molecule has 1 N–H and O–H groups in total. The van der Waals surface area contributed by atoms with Crippen LogP contribution in [0, 0.1) is 0 Å². The summed E-state index contributed by atoms with van der Waals surface area (Å²) >= 11 is 7.61. The molecular formula is C24H24ClN3O4S. The lowest BCUT2D eigenvalue weighted by atomic mass is 10.1. The van der Waals surface area contributed by atoms with Crippen molar-refractivity contribution in [1.29, 1.82) is 0 Å². The van der Waals surface area contributed by atoms with Crippen molar-refractivity contribution in [3.63, 3.8) is 0 Å². The highest BCUT2D eigenvalue weighted by Crippen LogP contribution is 2.35. The Kier molecular flexibility index (Phi) is 7.49. The van der Waals surface area contributed by atoms with Crippen molar-refractivity contribution in [2.45, 2.75) is 0 Å². The highest BCUT2D eigenvalue weighted by atomic mass is 35.5. The van der Waals surface area contributed by atoms with E-state index in [4.69, 9.17) is 30.8 Å². The standard InChI is InChI=1S/C24H24ClN3O4S/c1-30-19-8-7-18(15-20(19)31-2)26-22(29)10-9-21-23(16-3-5-17(25)6-4-16)27-24(33-21)28-11-13-32-14-12-28/h3-10,15H,11-14H2,1-2H3,(H,26,29)/b10-9+. The SMILES string of the molecule is COc1ccc(NC(=O)/C=C/c2sc(N3CCOCC3)nc2-c2ccc(Cl)cc2)cc1OC. The number of thiazole rings is 1. The van der Waals surface area contributed by atoms with Crippen LogP contribution in [-0.4, -0.2) is 51.4 Å². The van der Waals surface area contributed by atoms with Crippen molar-refractivity contribution in [3.05, 3.63) is 58.4 Å². The number of carbonyl (C=O) groups is 1. The molecule has 0 atom stereocenters. The van der Waals surface area contributed by atoms with Gasteiger partial charge in [0, 0.05) is 41.5 Å². The van der Waals surface area contributed by atoms with E-state index in [-0.39, 0.29) is 5.91 Å². The largest absolute Gasteiger partial charge is 0.493 e. The molecule has 2 aromatic carbocycles. The molecule has 1 aliphatic heterocycles. The number of hydrogen-bond donors (Lipinski definition) is 1. The monoisotopic (exact) mass is 485 g/mol. The maximum atomic E-state index is 12.6. The van der Waals surface area contributed by atoms with Gasteiger partial charge in [0.15, 0.2) is 16.6 Å². The van der Waals surface area contributed by atoms with E-state index in [1.807, 2.05) is 24.3 Å². The van der Waals surface area contributed by atoms with Gasteiger partial charge < -0.3 is 24.4 Å². The van der Waals surface area contributed by atoms with Crippen LogP contribution in [0.25, 0.3) is 17.3 Å². The topological polar surface area (TPSA) is 72.9 Å². The predicted molar refractivity (Wildman–Crippen MR) is 133 cm³/mol. The van der Waals surface area contributed by atoms with Crippen LogP contribution in [0.15, 0.2) is 48.5 Å². The van der Waals surface area contributed by atoms with Gasteiger partial charge in [-0.15, -0.1) is 0 Å². The zero-order valence-corrected chi connectivity index (χ0v) is 19.9. The van der Waals surface area contributed by atoms with E-state index in [1.54, 1.807) is 49.8 Å². The minimum Gasteiger partial charge on any atom is -0.493 e. The first-order valence-electron chi connectivity index (χ1n) is 10.4. The third-order valence-corrected chi connectivity index (χ3v) is 6.41. The van der Waals surface area contributed by atoms with Crippen LogP contribution < -0.4 is 19.7 Å². The summed E-state index contributed by atoms with van der Waals surface area (Å²) in [5.74, 6) is 0.881. The van der Waals surface area contributed by atoms with E-state index < -0.39 is 0 Å². The average molecular weight is 486 g/mol. The zero-order chi connectivity index (χ0) is 23.2. The van der Waals surface area contributed by atoms with Crippen molar-refractivity contribution < 1.29 is 19.0 Å². The van der Waals surface area contributed by atoms with Gasteiger partial charge in [0.05, 0.1) is 38.0 Å². The second-order valence-corrected chi connectivity index (χ2v) is 8.65. The van der Waals surface area contributed by atoms with Crippen molar-refractivity contribution in [3.8, 4) is 22.8 Å². The molecule has 4 rings (SSSR count). The molecule has 0 spiro atoms. The van der Waals surface area contributed by atoms with Gasteiger partial charge in [0.1, 0.15) is 0 Å². The molecule has 0 radical (unpaired) electrons. The van der Waals surface area contributed by atoms with Crippen molar-refractivity contribution in [1.82, 2.24) is 4.98 Å². The molecule has 3 aromatic rings. The number of rotatable bonds is 7. The summed E-state index contributed by atoms with van der Waals surface area (Å²) in [7, 11) is 3.12. The summed E-state index contributed by atoms with van der Waals surface area (Å²) in [5, 5.41) is 4.42. The third kappa shape index (κ3) is 5.65. The Morgan fingerprint density at radius 2 is 1.85 bits per heavy atom. The molecule has 7 nitrogen and oxygen atoms in total. The van der Waals surface area contributed by atoms with Gasteiger partial charge in [0.2, 0.25) is 5.91 Å². The number of amides is 1. The fourth-order valence-corrected chi connectivity index (χ4v) is 4.55. The van der Waals surface area contributed by atoms with Gasteiger partial charge in [-0.2, -0.15) is 0 Å². The van der Waals surface area contributed by atoms with Crippen LogP contribution in [0.4, 0.5) is 10.8 Å². The molecule has 172 valence electrons. The van der Waals surface area contributed by atoms with Crippen LogP contribution in [0.2, 0.25) is 5.02 Å². The van der Waals surface area contributed by atoms with Crippen LogP contribution in [0.5, 0.6) is 11.5 Å².